The Hall–Kier alpha value is -1.06. The third-order valence-electron chi connectivity index (χ3n) is 4.02. The van der Waals surface area contributed by atoms with E-state index in [1.165, 1.54) is 0 Å². The molecule has 0 aliphatic heterocycles. The van der Waals surface area contributed by atoms with Gasteiger partial charge in [-0.25, -0.2) is 0 Å². The summed E-state index contributed by atoms with van der Waals surface area (Å²) in [5.41, 5.74) is 1.75. The summed E-state index contributed by atoms with van der Waals surface area (Å²) in [4.78, 5) is 0. The average molecular weight is 196 g/mol. The van der Waals surface area contributed by atoms with Gasteiger partial charge in [0.15, 0.2) is 0 Å². The van der Waals surface area contributed by atoms with Crippen LogP contribution in [0.3, 0.4) is 0 Å². The van der Waals surface area contributed by atoms with E-state index in [0.717, 1.165) is 12.1 Å². The average Bonchev–Trinajstić information content (AvgIpc) is 2.57. The topological polar surface area (TPSA) is 65.2 Å². The van der Waals surface area contributed by atoms with Crippen LogP contribution >= 0.6 is 0 Å². The second-order valence-corrected chi connectivity index (χ2v) is 4.97. The third kappa shape index (κ3) is 0.996. The number of rotatable bonds is 1. The van der Waals surface area contributed by atoms with Gasteiger partial charge in [-0.1, -0.05) is 24.2 Å². The highest BCUT2D eigenvalue weighted by Crippen LogP contribution is 2.68. The smallest absolute Gasteiger partial charge is 0.0665 e. The second kappa shape index (κ2) is 2.72. The van der Waals surface area contributed by atoms with Crippen molar-refractivity contribution in [1.82, 2.24) is 0 Å². The maximum absolute atomic E-state index is 8.84. The molecule has 0 aromatic heterocycles. The summed E-state index contributed by atoms with van der Waals surface area (Å²) < 4.78 is 0. The van der Waals surface area contributed by atoms with E-state index in [1.54, 1.807) is 6.92 Å². The predicted octanol–water partition coefficient (Wildman–Crippen LogP) is 1.96. The second-order valence-electron chi connectivity index (χ2n) is 4.97. The minimum atomic E-state index is 0.0463. The fraction of sp³-hybridized carbons (Fsp3) is 0.800. The van der Waals surface area contributed by atoms with E-state index >= 15 is 0 Å². The molecule has 0 radical (unpaired) electrons. The van der Waals surface area contributed by atoms with Crippen molar-refractivity contribution >= 4 is 11.4 Å². The Morgan fingerprint density at radius 1 is 1.43 bits per heavy atom. The molecule has 2 aliphatic carbocycles. The van der Waals surface area contributed by atoms with E-state index in [-0.39, 0.29) is 5.92 Å². The summed E-state index contributed by atoms with van der Waals surface area (Å²) in [5, 5.41) is 24.2. The van der Waals surface area contributed by atoms with E-state index < -0.39 is 0 Å². The van der Waals surface area contributed by atoms with Gasteiger partial charge in [-0.15, -0.1) is 0 Å². The molecule has 4 heteroatoms. The van der Waals surface area contributed by atoms with Crippen LogP contribution < -0.4 is 0 Å². The number of fused-ring (bicyclic) bond motifs is 1. The summed E-state index contributed by atoms with van der Waals surface area (Å²) in [5.74, 6) is 1.13. The number of oxime groups is 2. The van der Waals surface area contributed by atoms with Crippen LogP contribution in [0, 0.1) is 23.2 Å². The van der Waals surface area contributed by atoms with Crippen LogP contribution in [0.4, 0.5) is 0 Å². The molecule has 14 heavy (non-hydrogen) atoms. The van der Waals surface area contributed by atoms with Gasteiger partial charge >= 0.3 is 0 Å². The van der Waals surface area contributed by atoms with Crippen molar-refractivity contribution in [3.05, 3.63) is 0 Å². The molecule has 0 heterocycles. The first-order valence-electron chi connectivity index (χ1n) is 4.93. The monoisotopic (exact) mass is 196 g/mol. The fourth-order valence-electron chi connectivity index (χ4n) is 3.06. The van der Waals surface area contributed by atoms with Crippen LogP contribution in [0.2, 0.25) is 0 Å². The summed E-state index contributed by atoms with van der Waals surface area (Å²) in [6, 6.07) is 0. The molecular formula is C10H16N2O2. The SMILES string of the molecule is CC(=NO)[C@@H]1C(=NO)C[C@@H]2[C@H]1C2(C)C. The molecule has 2 N–H and O–H groups in total. The molecule has 78 valence electrons. The fourth-order valence-corrected chi connectivity index (χ4v) is 3.06. The summed E-state index contributed by atoms with van der Waals surface area (Å²) >= 11 is 0. The predicted molar refractivity (Wildman–Crippen MR) is 53.0 cm³/mol. The molecule has 0 saturated heterocycles. The number of nitrogens with zero attached hydrogens (tertiary/aromatic N) is 2. The van der Waals surface area contributed by atoms with E-state index in [0.29, 0.717) is 23.0 Å². The lowest BCUT2D eigenvalue weighted by atomic mass is 9.88. The molecule has 0 spiro atoms. The van der Waals surface area contributed by atoms with Crippen LogP contribution in [-0.2, 0) is 0 Å². The van der Waals surface area contributed by atoms with E-state index in [9.17, 15) is 0 Å². The van der Waals surface area contributed by atoms with Crippen molar-refractivity contribution in [1.29, 1.82) is 0 Å². The van der Waals surface area contributed by atoms with Crippen LogP contribution in [0.1, 0.15) is 27.2 Å². The van der Waals surface area contributed by atoms with Gasteiger partial charge in [0.25, 0.3) is 0 Å². The first-order valence-corrected chi connectivity index (χ1v) is 4.93. The van der Waals surface area contributed by atoms with Gasteiger partial charge in [-0.3, -0.25) is 0 Å². The largest absolute Gasteiger partial charge is 0.411 e. The van der Waals surface area contributed by atoms with Crippen LogP contribution in [0.25, 0.3) is 0 Å². The van der Waals surface area contributed by atoms with E-state index in [1.807, 2.05) is 0 Å². The van der Waals surface area contributed by atoms with Crippen LogP contribution in [-0.4, -0.2) is 21.8 Å². The van der Waals surface area contributed by atoms with Crippen molar-refractivity contribution in [2.75, 3.05) is 0 Å². The highest BCUT2D eigenvalue weighted by molar-refractivity contribution is 6.09. The minimum absolute atomic E-state index is 0.0463. The van der Waals surface area contributed by atoms with Gasteiger partial charge in [-0.05, 0) is 30.6 Å². The Kier molecular flexibility index (Phi) is 1.84. The van der Waals surface area contributed by atoms with Crippen molar-refractivity contribution in [2.24, 2.45) is 33.5 Å². The third-order valence-corrected chi connectivity index (χ3v) is 4.02. The zero-order chi connectivity index (χ0) is 10.5. The Morgan fingerprint density at radius 2 is 2.07 bits per heavy atom. The molecule has 2 rings (SSSR count). The Balaban J connectivity index is 2.28. The summed E-state index contributed by atoms with van der Waals surface area (Å²) in [6.45, 7) is 6.22. The van der Waals surface area contributed by atoms with Gasteiger partial charge < -0.3 is 10.4 Å². The van der Waals surface area contributed by atoms with E-state index in [2.05, 4.69) is 24.2 Å². The molecular weight excluding hydrogens is 180 g/mol. The van der Waals surface area contributed by atoms with Crippen molar-refractivity contribution in [3.63, 3.8) is 0 Å². The van der Waals surface area contributed by atoms with Crippen LogP contribution in [0.5, 0.6) is 0 Å². The minimum Gasteiger partial charge on any atom is -0.411 e. The lowest BCUT2D eigenvalue weighted by Crippen LogP contribution is -2.24. The molecule has 2 saturated carbocycles. The molecule has 0 aromatic carbocycles. The van der Waals surface area contributed by atoms with Crippen molar-refractivity contribution in [2.45, 2.75) is 27.2 Å². The normalized spacial score (nSPS) is 42.6. The van der Waals surface area contributed by atoms with Gasteiger partial charge in [0.1, 0.15) is 0 Å². The van der Waals surface area contributed by atoms with Crippen LogP contribution in [0.15, 0.2) is 10.3 Å². The van der Waals surface area contributed by atoms with Gasteiger partial charge in [0.2, 0.25) is 0 Å². The zero-order valence-corrected chi connectivity index (χ0v) is 8.73. The van der Waals surface area contributed by atoms with Crippen molar-refractivity contribution in [3.8, 4) is 0 Å². The zero-order valence-electron chi connectivity index (χ0n) is 8.73. The molecule has 0 amide bonds. The van der Waals surface area contributed by atoms with Crippen molar-refractivity contribution < 1.29 is 10.4 Å². The Morgan fingerprint density at radius 3 is 2.57 bits per heavy atom. The van der Waals surface area contributed by atoms with Gasteiger partial charge in [0, 0.05) is 5.92 Å². The van der Waals surface area contributed by atoms with E-state index in [4.69, 9.17) is 10.4 Å². The highest BCUT2D eigenvalue weighted by atomic mass is 16.4. The Bertz CT molecular complexity index is 320. The molecule has 0 aromatic rings. The quantitative estimate of drug-likeness (QED) is 0.382. The number of hydrogen-bond donors (Lipinski definition) is 2. The highest BCUT2D eigenvalue weighted by Gasteiger charge is 2.67. The Labute approximate surface area is 83.3 Å². The maximum Gasteiger partial charge on any atom is 0.0665 e. The molecule has 4 nitrogen and oxygen atoms in total. The van der Waals surface area contributed by atoms with Gasteiger partial charge in [0.05, 0.1) is 11.4 Å². The molecule has 0 bridgehead atoms. The lowest BCUT2D eigenvalue weighted by molar-refractivity contribution is 0.308. The maximum atomic E-state index is 8.84. The first-order chi connectivity index (χ1) is 6.54. The molecule has 0 unspecified atom stereocenters. The standard InChI is InChI=1S/C10H16N2O2/c1-5(11-13)8-7(12-14)4-6-9(8)10(6,2)3/h6,8-9,13-14H,4H2,1-3H3/t6-,8-,9-/m1/s1. The molecule has 3 atom stereocenters. The molecule has 2 fully saturated rings. The lowest BCUT2D eigenvalue weighted by Gasteiger charge is -2.17. The summed E-state index contributed by atoms with van der Waals surface area (Å²) in [7, 11) is 0. The molecule has 2 aliphatic rings. The number of hydrogen-bond acceptors (Lipinski definition) is 4. The first kappa shape index (κ1) is 9.49. The van der Waals surface area contributed by atoms with Gasteiger partial charge in [-0.2, -0.15) is 0 Å². The summed E-state index contributed by atoms with van der Waals surface area (Å²) in [6.07, 6.45) is 0.839.